The fourth-order valence-corrected chi connectivity index (χ4v) is 3.11. The molecule has 3 N–H and O–H groups in total. The molecule has 1 aromatic heterocycles. The lowest BCUT2D eigenvalue weighted by Gasteiger charge is -2.25. The van der Waals surface area contributed by atoms with Gasteiger partial charge in [-0.3, -0.25) is 14.7 Å². The lowest BCUT2D eigenvalue weighted by molar-refractivity contribution is 0.583. The first-order valence-electron chi connectivity index (χ1n) is 7.00. The molecule has 0 amide bonds. The van der Waals surface area contributed by atoms with E-state index < -0.39 is 6.17 Å². The third-order valence-corrected chi connectivity index (χ3v) is 4.19. The van der Waals surface area contributed by atoms with Gasteiger partial charge >= 0.3 is 0 Å². The van der Waals surface area contributed by atoms with E-state index in [0.717, 1.165) is 10.0 Å². The van der Waals surface area contributed by atoms with Crippen molar-refractivity contribution in [2.24, 2.45) is 10.7 Å². The fourth-order valence-electron chi connectivity index (χ4n) is 2.69. The first-order valence-corrected chi connectivity index (χ1v) is 7.80. The number of aromatic nitrogens is 2. The van der Waals surface area contributed by atoms with E-state index in [0.29, 0.717) is 16.9 Å². The molecule has 1 aliphatic rings. The maximum Gasteiger partial charge on any atom is 0.264 e. The molecule has 23 heavy (non-hydrogen) atoms. The highest BCUT2D eigenvalue weighted by Gasteiger charge is 2.25. The van der Waals surface area contributed by atoms with E-state index in [1.165, 1.54) is 4.57 Å². The number of nitrogens with two attached hydrogens (primary N) is 1. The smallest absolute Gasteiger partial charge is 0.264 e. The molecule has 114 valence electrons. The number of guanidine groups is 1. The van der Waals surface area contributed by atoms with Crippen LogP contribution in [0, 0.1) is 0 Å². The number of nitrogens with zero attached hydrogens (tertiary/aromatic N) is 3. The third-order valence-electron chi connectivity index (χ3n) is 3.70. The average molecular weight is 370 g/mol. The van der Waals surface area contributed by atoms with Crippen LogP contribution in [0.5, 0.6) is 0 Å². The number of rotatable bonds is 1. The van der Waals surface area contributed by atoms with Crippen LogP contribution in [0.1, 0.15) is 11.7 Å². The van der Waals surface area contributed by atoms with Crippen molar-refractivity contribution in [1.82, 2.24) is 9.55 Å². The average Bonchev–Trinajstić information content (AvgIpc) is 2.54. The first kappa shape index (κ1) is 14.0. The SMILES string of the molecule is NC1=N[C@@H](c2cccc(Br)c2)n2c(nc3ccccc3c2=O)N1. The van der Waals surface area contributed by atoms with Gasteiger partial charge in [-0.1, -0.05) is 40.2 Å². The Bertz CT molecular complexity index is 1010. The minimum absolute atomic E-state index is 0.153. The fraction of sp³-hybridized carbons (Fsp3) is 0.0625. The Morgan fingerprint density at radius 2 is 2.00 bits per heavy atom. The third kappa shape index (κ3) is 2.29. The van der Waals surface area contributed by atoms with Gasteiger partial charge in [-0.25, -0.2) is 9.98 Å². The van der Waals surface area contributed by atoms with Crippen molar-refractivity contribution in [1.29, 1.82) is 0 Å². The van der Waals surface area contributed by atoms with Crippen molar-refractivity contribution in [2.75, 3.05) is 5.32 Å². The van der Waals surface area contributed by atoms with Gasteiger partial charge in [-0.15, -0.1) is 0 Å². The van der Waals surface area contributed by atoms with Gasteiger partial charge in [0.1, 0.15) is 0 Å². The number of hydrogen-bond donors (Lipinski definition) is 2. The highest BCUT2D eigenvalue weighted by atomic mass is 79.9. The van der Waals surface area contributed by atoms with Crippen LogP contribution in [-0.2, 0) is 0 Å². The second-order valence-electron chi connectivity index (χ2n) is 5.20. The molecule has 2 aromatic carbocycles. The molecule has 0 fully saturated rings. The minimum Gasteiger partial charge on any atom is -0.370 e. The molecule has 0 radical (unpaired) electrons. The molecule has 6 nitrogen and oxygen atoms in total. The normalized spacial score (nSPS) is 16.6. The number of nitrogens with one attached hydrogen (secondary N) is 1. The summed E-state index contributed by atoms with van der Waals surface area (Å²) in [7, 11) is 0. The Balaban J connectivity index is 2.02. The van der Waals surface area contributed by atoms with E-state index in [2.05, 4.69) is 31.2 Å². The van der Waals surface area contributed by atoms with Gasteiger partial charge in [0.2, 0.25) is 5.95 Å². The summed E-state index contributed by atoms with van der Waals surface area (Å²) >= 11 is 3.44. The summed E-state index contributed by atoms with van der Waals surface area (Å²) < 4.78 is 2.44. The van der Waals surface area contributed by atoms with Crippen molar-refractivity contribution in [2.45, 2.75) is 6.17 Å². The Hall–Kier alpha value is -2.67. The van der Waals surface area contributed by atoms with Crippen LogP contribution < -0.4 is 16.6 Å². The molecule has 0 unspecified atom stereocenters. The number of hydrogen-bond acceptors (Lipinski definition) is 5. The zero-order valence-corrected chi connectivity index (χ0v) is 13.5. The lowest BCUT2D eigenvalue weighted by atomic mass is 10.1. The second kappa shape index (κ2) is 5.20. The van der Waals surface area contributed by atoms with E-state index in [4.69, 9.17) is 5.73 Å². The maximum absolute atomic E-state index is 12.9. The molecule has 7 heteroatoms. The van der Waals surface area contributed by atoms with Gasteiger partial charge in [-0.2, -0.15) is 0 Å². The van der Waals surface area contributed by atoms with Gasteiger partial charge in [0.05, 0.1) is 10.9 Å². The Labute approximate surface area is 139 Å². The number of fused-ring (bicyclic) bond motifs is 2. The van der Waals surface area contributed by atoms with Gasteiger partial charge in [0.25, 0.3) is 5.56 Å². The predicted molar refractivity (Wildman–Crippen MR) is 93.5 cm³/mol. The van der Waals surface area contributed by atoms with Crippen molar-refractivity contribution in [3.63, 3.8) is 0 Å². The van der Waals surface area contributed by atoms with Crippen LogP contribution in [0.3, 0.4) is 0 Å². The van der Waals surface area contributed by atoms with Crippen molar-refractivity contribution >= 4 is 38.7 Å². The largest absolute Gasteiger partial charge is 0.370 e. The lowest BCUT2D eigenvalue weighted by Crippen LogP contribution is -2.38. The standard InChI is InChI=1S/C16H12BrN5O/c17-10-5-3-4-9(8-10)13-20-15(18)21-16-19-12-7-2-1-6-11(12)14(23)22(13)16/h1-8,13H,(H3,18,19,20,21)/t13-/m1/s1. The molecule has 0 saturated heterocycles. The van der Waals surface area contributed by atoms with Crippen molar-refractivity contribution < 1.29 is 0 Å². The number of para-hydroxylation sites is 1. The van der Waals surface area contributed by atoms with Crippen LogP contribution in [-0.4, -0.2) is 15.5 Å². The molecule has 0 bridgehead atoms. The van der Waals surface area contributed by atoms with Crippen molar-refractivity contribution in [3.05, 3.63) is 68.9 Å². The van der Waals surface area contributed by atoms with Crippen LogP contribution in [0.2, 0.25) is 0 Å². The summed E-state index contributed by atoms with van der Waals surface area (Å²) in [5.41, 5.74) is 7.20. The molecule has 3 aromatic rings. The van der Waals surface area contributed by atoms with Crippen LogP contribution >= 0.6 is 15.9 Å². The van der Waals surface area contributed by atoms with E-state index in [-0.39, 0.29) is 11.5 Å². The Morgan fingerprint density at radius 1 is 1.17 bits per heavy atom. The van der Waals surface area contributed by atoms with Gasteiger partial charge in [0.15, 0.2) is 12.1 Å². The zero-order valence-electron chi connectivity index (χ0n) is 11.9. The monoisotopic (exact) mass is 369 g/mol. The molecule has 4 rings (SSSR count). The Kier molecular flexibility index (Phi) is 3.16. The van der Waals surface area contributed by atoms with Crippen LogP contribution in [0.4, 0.5) is 5.95 Å². The minimum atomic E-state index is -0.548. The molecule has 1 atom stereocenters. The number of anilines is 1. The summed E-state index contributed by atoms with van der Waals surface area (Å²) in [4.78, 5) is 21.8. The second-order valence-corrected chi connectivity index (χ2v) is 6.11. The van der Waals surface area contributed by atoms with E-state index in [1.54, 1.807) is 12.1 Å². The van der Waals surface area contributed by atoms with Crippen molar-refractivity contribution in [3.8, 4) is 0 Å². The summed E-state index contributed by atoms with van der Waals surface area (Å²) in [6, 6.07) is 14.9. The van der Waals surface area contributed by atoms with Crippen LogP contribution in [0.15, 0.2) is 62.8 Å². The molecule has 0 spiro atoms. The number of halogens is 1. The van der Waals surface area contributed by atoms with Gasteiger partial charge in [-0.05, 0) is 29.8 Å². The van der Waals surface area contributed by atoms with Crippen LogP contribution in [0.25, 0.3) is 10.9 Å². The summed E-state index contributed by atoms with van der Waals surface area (Å²) in [6.45, 7) is 0. The summed E-state index contributed by atoms with van der Waals surface area (Å²) in [6.07, 6.45) is -0.548. The summed E-state index contributed by atoms with van der Waals surface area (Å²) in [5, 5.41) is 3.42. The van der Waals surface area contributed by atoms with Gasteiger partial charge < -0.3 is 5.73 Å². The maximum atomic E-state index is 12.9. The molecular weight excluding hydrogens is 358 g/mol. The molecule has 0 aliphatic carbocycles. The first-order chi connectivity index (χ1) is 11.1. The molecule has 2 heterocycles. The molecule has 1 aliphatic heterocycles. The topological polar surface area (TPSA) is 85.3 Å². The van der Waals surface area contributed by atoms with E-state index in [9.17, 15) is 4.79 Å². The molecular formula is C16H12BrN5O. The van der Waals surface area contributed by atoms with Gasteiger partial charge in [0, 0.05) is 4.47 Å². The molecule has 0 saturated carbocycles. The Morgan fingerprint density at radius 3 is 2.83 bits per heavy atom. The zero-order chi connectivity index (χ0) is 16.0. The van der Waals surface area contributed by atoms with E-state index in [1.807, 2.05) is 36.4 Å². The predicted octanol–water partition coefficient (Wildman–Crippen LogP) is 2.45. The number of aliphatic imine (C=N–C) groups is 1. The highest BCUT2D eigenvalue weighted by molar-refractivity contribution is 9.10. The quantitative estimate of drug-likeness (QED) is 0.689. The number of benzene rings is 2. The summed E-state index contributed by atoms with van der Waals surface area (Å²) in [5.74, 6) is 0.628. The van der Waals surface area contributed by atoms with E-state index >= 15 is 0 Å². The highest BCUT2D eigenvalue weighted by Crippen LogP contribution is 2.27.